The minimum Gasteiger partial charge on any atom is -0.478 e. The van der Waals surface area contributed by atoms with Gasteiger partial charge >= 0.3 is 5.97 Å². The molecule has 2 aliphatic rings. The number of thiocarbonyl (C=S) groups is 1. The van der Waals surface area contributed by atoms with E-state index in [1.165, 1.54) is 6.07 Å². The number of nitrogens with one attached hydrogen (secondary N) is 2. The molecular formula is C24H25F2N3O3S. The third-order valence-corrected chi connectivity index (χ3v) is 7.03. The molecule has 2 aromatic carbocycles. The molecule has 174 valence electrons. The number of carbonyl (C=O) groups excluding carboxylic acids is 1. The highest BCUT2D eigenvalue weighted by atomic mass is 32.1. The molecule has 9 heteroatoms. The molecular weight excluding hydrogens is 448 g/mol. The molecule has 1 heterocycles. The van der Waals surface area contributed by atoms with Crippen LogP contribution in [0.1, 0.15) is 39.9 Å². The Bertz CT molecular complexity index is 1080. The largest absolute Gasteiger partial charge is 0.478 e. The van der Waals surface area contributed by atoms with Crippen molar-refractivity contribution < 1.29 is 23.5 Å². The lowest BCUT2D eigenvalue weighted by Gasteiger charge is -2.45. The summed E-state index contributed by atoms with van der Waals surface area (Å²) in [5.74, 6) is -2.08. The zero-order chi connectivity index (χ0) is 23.6. The van der Waals surface area contributed by atoms with E-state index >= 15 is 0 Å². The number of benzene rings is 2. The van der Waals surface area contributed by atoms with Gasteiger partial charge in [-0.3, -0.25) is 4.79 Å². The lowest BCUT2D eigenvalue weighted by Crippen LogP contribution is -2.58. The van der Waals surface area contributed by atoms with Gasteiger partial charge in [0.05, 0.1) is 11.1 Å². The molecule has 0 radical (unpaired) electrons. The molecule has 4 rings (SSSR count). The minimum atomic E-state index is -0.977. The maximum Gasteiger partial charge on any atom is 0.335 e. The summed E-state index contributed by atoms with van der Waals surface area (Å²) in [5, 5.41) is 15.7. The molecule has 33 heavy (non-hydrogen) atoms. The number of hydrogen-bond acceptors (Lipinski definition) is 3. The summed E-state index contributed by atoms with van der Waals surface area (Å²) in [6.07, 6.45) is 3.56. The van der Waals surface area contributed by atoms with E-state index in [2.05, 4.69) is 15.5 Å². The highest BCUT2D eigenvalue weighted by Gasteiger charge is 2.47. The standard InChI is InChI=1S/C24H25F2N3O3S/c25-18-9-17-10-19(5-6-20(17)21(26)11-18)29-23(33)28-13-24(29,12-27-14-30)8-7-15-1-3-16(4-2-15)22(31)32/h1-4,9,11,14,19H,5-8,10,12-13H2,(H,27,30)(H,28,33)(H,31,32)/t19?,24-/m0/s1. The molecule has 1 aliphatic heterocycles. The van der Waals surface area contributed by atoms with Crippen LogP contribution in [0.15, 0.2) is 36.4 Å². The number of halogens is 2. The maximum absolute atomic E-state index is 14.2. The number of nitrogens with zero attached hydrogens (tertiary/aromatic N) is 1. The average molecular weight is 474 g/mol. The van der Waals surface area contributed by atoms with Crippen molar-refractivity contribution in [3.63, 3.8) is 0 Å². The number of rotatable bonds is 8. The van der Waals surface area contributed by atoms with Gasteiger partial charge in [-0.05, 0) is 79.2 Å². The number of aromatic carboxylic acids is 1. The summed E-state index contributed by atoms with van der Waals surface area (Å²) < 4.78 is 28.1. The summed E-state index contributed by atoms with van der Waals surface area (Å²) >= 11 is 5.63. The van der Waals surface area contributed by atoms with Gasteiger partial charge in [0.25, 0.3) is 0 Å². The van der Waals surface area contributed by atoms with Crippen molar-refractivity contribution in [1.82, 2.24) is 15.5 Å². The molecule has 0 bridgehead atoms. The first-order chi connectivity index (χ1) is 15.8. The van der Waals surface area contributed by atoms with Crippen LogP contribution in [0.2, 0.25) is 0 Å². The molecule has 0 saturated carbocycles. The van der Waals surface area contributed by atoms with Crippen LogP contribution in [-0.4, -0.2) is 52.2 Å². The van der Waals surface area contributed by atoms with Crippen LogP contribution in [0.25, 0.3) is 0 Å². The van der Waals surface area contributed by atoms with Crippen molar-refractivity contribution in [2.75, 3.05) is 13.1 Å². The molecule has 1 aliphatic carbocycles. The zero-order valence-electron chi connectivity index (χ0n) is 17.9. The van der Waals surface area contributed by atoms with Gasteiger partial charge < -0.3 is 20.6 Å². The number of amides is 1. The topological polar surface area (TPSA) is 81.7 Å². The number of carbonyl (C=O) groups is 2. The number of aryl methyl sites for hydroxylation is 1. The smallest absolute Gasteiger partial charge is 0.335 e. The Morgan fingerprint density at radius 1 is 1.30 bits per heavy atom. The Morgan fingerprint density at radius 2 is 2.06 bits per heavy atom. The second kappa shape index (κ2) is 9.43. The van der Waals surface area contributed by atoms with E-state index in [-0.39, 0.29) is 11.6 Å². The second-order valence-corrected chi connectivity index (χ2v) is 9.06. The fourth-order valence-corrected chi connectivity index (χ4v) is 5.47. The number of carboxylic acids is 1. The van der Waals surface area contributed by atoms with Gasteiger partial charge in [-0.1, -0.05) is 12.1 Å². The van der Waals surface area contributed by atoms with Crippen molar-refractivity contribution >= 4 is 29.7 Å². The van der Waals surface area contributed by atoms with E-state index in [1.807, 2.05) is 0 Å². The van der Waals surface area contributed by atoms with Crippen molar-refractivity contribution in [2.24, 2.45) is 0 Å². The van der Waals surface area contributed by atoms with Crippen molar-refractivity contribution in [3.8, 4) is 0 Å². The van der Waals surface area contributed by atoms with Gasteiger partial charge in [0.1, 0.15) is 11.6 Å². The van der Waals surface area contributed by atoms with Gasteiger partial charge in [-0.25, -0.2) is 13.6 Å². The van der Waals surface area contributed by atoms with Crippen LogP contribution in [0.5, 0.6) is 0 Å². The monoisotopic (exact) mass is 473 g/mol. The lowest BCUT2D eigenvalue weighted by molar-refractivity contribution is -0.110. The molecule has 2 atom stereocenters. The predicted octanol–water partition coefficient (Wildman–Crippen LogP) is 2.83. The van der Waals surface area contributed by atoms with Crippen LogP contribution in [0.4, 0.5) is 8.78 Å². The molecule has 0 aromatic heterocycles. The van der Waals surface area contributed by atoms with Crippen molar-refractivity contribution in [2.45, 2.75) is 43.7 Å². The summed E-state index contributed by atoms with van der Waals surface area (Å²) in [6.45, 7) is 0.887. The Labute approximate surface area is 196 Å². The SMILES string of the molecule is O=CNC[C@@]1(CCc2ccc(C(=O)O)cc2)CNC(=S)N1C1CCc2c(F)cc(F)cc2C1. The van der Waals surface area contributed by atoms with Crippen LogP contribution in [-0.2, 0) is 24.1 Å². The highest BCUT2D eigenvalue weighted by Crippen LogP contribution is 2.35. The first-order valence-corrected chi connectivity index (χ1v) is 11.3. The minimum absolute atomic E-state index is 0.0657. The van der Waals surface area contributed by atoms with E-state index in [4.69, 9.17) is 17.3 Å². The Hall–Kier alpha value is -3.07. The molecule has 1 saturated heterocycles. The third kappa shape index (κ3) is 4.68. The second-order valence-electron chi connectivity index (χ2n) is 8.68. The van der Waals surface area contributed by atoms with E-state index < -0.39 is 23.1 Å². The molecule has 2 aromatic rings. The van der Waals surface area contributed by atoms with E-state index in [1.54, 1.807) is 24.3 Å². The van der Waals surface area contributed by atoms with Crippen molar-refractivity contribution in [3.05, 3.63) is 70.3 Å². The highest BCUT2D eigenvalue weighted by molar-refractivity contribution is 7.80. The van der Waals surface area contributed by atoms with Gasteiger partial charge in [-0.2, -0.15) is 0 Å². The average Bonchev–Trinajstić information content (AvgIpc) is 3.12. The normalized spacial score (nSPS) is 21.9. The predicted molar refractivity (Wildman–Crippen MR) is 123 cm³/mol. The first kappa shape index (κ1) is 23.1. The van der Waals surface area contributed by atoms with E-state index in [9.17, 15) is 18.4 Å². The maximum atomic E-state index is 14.2. The zero-order valence-corrected chi connectivity index (χ0v) is 18.8. The summed E-state index contributed by atoms with van der Waals surface area (Å²) in [5.41, 5.74) is 1.89. The van der Waals surface area contributed by atoms with Gasteiger partial charge in [0, 0.05) is 25.2 Å². The Morgan fingerprint density at radius 3 is 2.76 bits per heavy atom. The molecule has 1 unspecified atom stereocenters. The lowest BCUT2D eigenvalue weighted by atomic mass is 9.83. The fraction of sp³-hybridized carbons (Fsp3) is 0.375. The van der Waals surface area contributed by atoms with Gasteiger partial charge in [0.15, 0.2) is 5.11 Å². The first-order valence-electron chi connectivity index (χ1n) is 10.9. The molecule has 1 fully saturated rings. The summed E-state index contributed by atoms with van der Waals surface area (Å²) in [7, 11) is 0. The third-order valence-electron chi connectivity index (χ3n) is 6.69. The van der Waals surface area contributed by atoms with Crippen LogP contribution in [0, 0.1) is 11.6 Å². The van der Waals surface area contributed by atoms with Gasteiger partial charge in [-0.15, -0.1) is 0 Å². The molecule has 1 amide bonds. The van der Waals surface area contributed by atoms with Crippen LogP contribution >= 0.6 is 12.2 Å². The number of fused-ring (bicyclic) bond motifs is 1. The van der Waals surface area contributed by atoms with E-state index in [0.29, 0.717) is 67.8 Å². The van der Waals surface area contributed by atoms with Gasteiger partial charge in [0.2, 0.25) is 6.41 Å². The van der Waals surface area contributed by atoms with E-state index in [0.717, 1.165) is 11.6 Å². The number of carboxylic acid groups (broad SMARTS) is 1. The summed E-state index contributed by atoms with van der Waals surface area (Å²) in [4.78, 5) is 24.4. The van der Waals surface area contributed by atoms with Crippen LogP contribution < -0.4 is 10.6 Å². The van der Waals surface area contributed by atoms with Crippen molar-refractivity contribution in [1.29, 1.82) is 0 Å². The fourth-order valence-electron chi connectivity index (χ4n) is 5.05. The summed E-state index contributed by atoms with van der Waals surface area (Å²) in [6, 6.07) is 8.98. The Balaban J connectivity index is 1.58. The Kier molecular flexibility index (Phi) is 6.60. The molecule has 6 nitrogen and oxygen atoms in total. The molecule has 0 spiro atoms. The quantitative estimate of drug-likeness (QED) is 0.404. The molecule has 3 N–H and O–H groups in total. The van der Waals surface area contributed by atoms with Crippen LogP contribution in [0.3, 0.4) is 0 Å². The number of hydrogen-bond donors (Lipinski definition) is 3.